The smallest absolute Gasteiger partial charge is 0.282 e. The lowest BCUT2D eigenvalue weighted by Crippen LogP contribution is -2.41. The van der Waals surface area contributed by atoms with Crippen molar-refractivity contribution in [1.82, 2.24) is 15.2 Å². The number of carbonyl (C=O) groups is 1. The van der Waals surface area contributed by atoms with Crippen LogP contribution in [0.4, 0.5) is 0 Å². The molecule has 0 fully saturated rings. The number of methoxy groups -OCH3 is 1. The number of H-pyrrole nitrogens is 1. The molecule has 20 heavy (non-hydrogen) atoms. The van der Waals surface area contributed by atoms with Gasteiger partial charge >= 0.3 is 0 Å². The first-order valence-corrected chi connectivity index (χ1v) is 7.11. The lowest BCUT2D eigenvalue weighted by Gasteiger charge is -2.08. The Balaban J connectivity index is 2.05. The summed E-state index contributed by atoms with van der Waals surface area (Å²) in [6.07, 6.45) is 1.56. The van der Waals surface area contributed by atoms with Crippen molar-refractivity contribution in [2.45, 2.75) is 4.90 Å². The summed E-state index contributed by atoms with van der Waals surface area (Å²) in [7, 11) is -2.34. The zero-order chi connectivity index (χ0) is 14.6. The van der Waals surface area contributed by atoms with Gasteiger partial charge in [0, 0.05) is 6.20 Å². The molecule has 0 unspecified atom stereocenters. The molecule has 0 spiro atoms. The number of hydrogen-bond acceptors (Lipinski definition) is 4. The summed E-state index contributed by atoms with van der Waals surface area (Å²) in [5.41, 5.74) is 2.37. The van der Waals surface area contributed by atoms with Crippen molar-refractivity contribution in [2.75, 3.05) is 7.11 Å². The highest BCUT2D eigenvalue weighted by Gasteiger charge is 2.15. The second kappa shape index (κ2) is 5.76. The first kappa shape index (κ1) is 14.1. The standard InChI is InChI=1S/C12H13N3O4S/c1-19-9-4-6-10(7-5-9)20(17,18)15-14-12(16)11-3-2-8-13-11/h2-8,13,15H,1H3,(H,14,16). The molecule has 2 rings (SSSR count). The molecule has 0 atom stereocenters. The first-order valence-electron chi connectivity index (χ1n) is 5.62. The molecule has 1 heterocycles. The number of carbonyl (C=O) groups excluding carboxylic acids is 1. The molecule has 0 saturated heterocycles. The van der Waals surface area contributed by atoms with Crippen LogP contribution in [0.5, 0.6) is 5.75 Å². The number of hydrogen-bond donors (Lipinski definition) is 3. The molecule has 8 heteroatoms. The Morgan fingerprint density at radius 3 is 2.45 bits per heavy atom. The number of hydrazine groups is 1. The fraction of sp³-hybridized carbons (Fsp3) is 0.0833. The maximum Gasteiger partial charge on any atom is 0.282 e. The van der Waals surface area contributed by atoms with E-state index in [1.165, 1.54) is 37.4 Å². The SMILES string of the molecule is COc1ccc(S(=O)(=O)NNC(=O)c2ccc[nH]2)cc1. The largest absolute Gasteiger partial charge is 0.497 e. The molecular weight excluding hydrogens is 282 g/mol. The molecule has 0 aliphatic heterocycles. The number of aromatic nitrogens is 1. The molecule has 0 radical (unpaired) electrons. The van der Waals surface area contributed by atoms with E-state index in [4.69, 9.17) is 4.74 Å². The monoisotopic (exact) mass is 295 g/mol. The van der Waals surface area contributed by atoms with Gasteiger partial charge in [0.15, 0.2) is 0 Å². The number of amides is 1. The van der Waals surface area contributed by atoms with Crippen molar-refractivity contribution < 1.29 is 17.9 Å². The van der Waals surface area contributed by atoms with Crippen LogP contribution in [0.1, 0.15) is 10.5 Å². The minimum Gasteiger partial charge on any atom is -0.497 e. The topological polar surface area (TPSA) is 100 Å². The van der Waals surface area contributed by atoms with E-state index in [1.807, 2.05) is 4.83 Å². The van der Waals surface area contributed by atoms with E-state index in [-0.39, 0.29) is 10.6 Å². The summed E-state index contributed by atoms with van der Waals surface area (Å²) >= 11 is 0. The average molecular weight is 295 g/mol. The fourth-order valence-corrected chi connectivity index (χ4v) is 2.31. The van der Waals surface area contributed by atoms with Crippen LogP contribution in [-0.4, -0.2) is 26.4 Å². The van der Waals surface area contributed by atoms with Crippen LogP contribution < -0.4 is 15.0 Å². The van der Waals surface area contributed by atoms with Gasteiger partial charge < -0.3 is 9.72 Å². The van der Waals surface area contributed by atoms with Crippen LogP contribution in [0, 0.1) is 0 Å². The molecule has 2 aromatic rings. The van der Waals surface area contributed by atoms with E-state index in [1.54, 1.807) is 12.3 Å². The van der Waals surface area contributed by atoms with Gasteiger partial charge in [0.05, 0.1) is 12.0 Å². The Hall–Kier alpha value is -2.32. The minimum absolute atomic E-state index is 0.0186. The number of rotatable bonds is 5. The highest BCUT2D eigenvalue weighted by molar-refractivity contribution is 7.89. The molecule has 0 saturated carbocycles. The lowest BCUT2D eigenvalue weighted by molar-refractivity contribution is 0.0940. The number of sulfonamides is 1. The van der Waals surface area contributed by atoms with Crippen molar-refractivity contribution in [3.8, 4) is 5.75 Å². The predicted octanol–water partition coefficient (Wildman–Crippen LogP) is 0.647. The maximum absolute atomic E-state index is 11.9. The van der Waals surface area contributed by atoms with Gasteiger partial charge in [-0.3, -0.25) is 10.2 Å². The van der Waals surface area contributed by atoms with Crippen LogP contribution in [0.3, 0.4) is 0 Å². The summed E-state index contributed by atoms with van der Waals surface area (Å²) in [6.45, 7) is 0. The summed E-state index contributed by atoms with van der Waals surface area (Å²) < 4.78 is 28.8. The van der Waals surface area contributed by atoms with Crippen molar-refractivity contribution in [3.63, 3.8) is 0 Å². The van der Waals surface area contributed by atoms with E-state index in [0.717, 1.165) is 0 Å². The summed E-state index contributed by atoms with van der Waals surface area (Å²) in [6, 6.07) is 8.94. The summed E-state index contributed by atoms with van der Waals surface area (Å²) in [5, 5.41) is 0. The van der Waals surface area contributed by atoms with Gasteiger partial charge in [0.25, 0.3) is 15.9 Å². The number of nitrogens with one attached hydrogen (secondary N) is 3. The molecule has 0 bridgehead atoms. The molecule has 7 nitrogen and oxygen atoms in total. The van der Waals surface area contributed by atoms with Gasteiger partial charge in [0.2, 0.25) is 0 Å². The van der Waals surface area contributed by atoms with Crippen LogP contribution >= 0.6 is 0 Å². The lowest BCUT2D eigenvalue weighted by atomic mass is 10.3. The predicted molar refractivity (Wildman–Crippen MR) is 71.6 cm³/mol. The van der Waals surface area contributed by atoms with Gasteiger partial charge in [-0.25, -0.2) is 8.42 Å². The molecule has 1 aromatic carbocycles. The van der Waals surface area contributed by atoms with E-state index >= 15 is 0 Å². The normalized spacial score (nSPS) is 11.1. The second-order valence-corrected chi connectivity index (χ2v) is 5.50. The molecule has 3 N–H and O–H groups in total. The van der Waals surface area contributed by atoms with Crippen molar-refractivity contribution in [1.29, 1.82) is 0 Å². The van der Waals surface area contributed by atoms with Crippen LogP contribution in [0.25, 0.3) is 0 Å². The van der Waals surface area contributed by atoms with Crippen molar-refractivity contribution in [3.05, 3.63) is 48.3 Å². The first-order chi connectivity index (χ1) is 9.53. The minimum atomic E-state index is -3.82. The molecule has 1 amide bonds. The van der Waals surface area contributed by atoms with Crippen LogP contribution in [-0.2, 0) is 10.0 Å². The van der Waals surface area contributed by atoms with Crippen molar-refractivity contribution >= 4 is 15.9 Å². The number of aromatic amines is 1. The van der Waals surface area contributed by atoms with Gasteiger partial charge in [-0.2, -0.15) is 0 Å². The Bertz CT molecular complexity index is 678. The fourth-order valence-electron chi connectivity index (χ4n) is 1.47. The molecule has 0 aliphatic rings. The summed E-state index contributed by atoms with van der Waals surface area (Å²) in [4.78, 5) is 16.3. The average Bonchev–Trinajstić information content (AvgIpc) is 2.99. The number of benzene rings is 1. The van der Waals surface area contributed by atoms with E-state index < -0.39 is 15.9 Å². The van der Waals surface area contributed by atoms with E-state index in [0.29, 0.717) is 5.75 Å². The Kier molecular flexibility index (Phi) is 4.06. The van der Waals surface area contributed by atoms with Gasteiger partial charge in [0.1, 0.15) is 11.4 Å². The molecular formula is C12H13N3O4S. The highest BCUT2D eigenvalue weighted by atomic mass is 32.2. The maximum atomic E-state index is 11.9. The third-order valence-electron chi connectivity index (χ3n) is 2.51. The third kappa shape index (κ3) is 3.16. The summed E-state index contributed by atoms with van der Waals surface area (Å²) in [5.74, 6) is -0.0357. The third-order valence-corrected chi connectivity index (χ3v) is 3.77. The zero-order valence-corrected chi connectivity index (χ0v) is 11.4. The highest BCUT2D eigenvalue weighted by Crippen LogP contribution is 2.14. The van der Waals surface area contributed by atoms with Crippen molar-refractivity contribution in [2.24, 2.45) is 0 Å². The van der Waals surface area contributed by atoms with Gasteiger partial charge in [-0.1, -0.05) is 0 Å². The van der Waals surface area contributed by atoms with E-state index in [9.17, 15) is 13.2 Å². The van der Waals surface area contributed by atoms with Crippen LogP contribution in [0.2, 0.25) is 0 Å². The van der Waals surface area contributed by atoms with Gasteiger partial charge in [-0.05, 0) is 36.4 Å². The quantitative estimate of drug-likeness (QED) is 0.705. The second-order valence-electron chi connectivity index (χ2n) is 3.82. The van der Waals surface area contributed by atoms with Gasteiger partial charge in [-0.15, -0.1) is 4.83 Å². The van der Waals surface area contributed by atoms with Crippen LogP contribution in [0.15, 0.2) is 47.5 Å². The molecule has 1 aromatic heterocycles. The molecule has 106 valence electrons. The van der Waals surface area contributed by atoms with E-state index in [2.05, 4.69) is 10.4 Å². The Morgan fingerprint density at radius 1 is 1.20 bits per heavy atom. The zero-order valence-electron chi connectivity index (χ0n) is 10.6. The Morgan fingerprint density at radius 2 is 1.90 bits per heavy atom. The number of ether oxygens (including phenoxy) is 1. The molecule has 0 aliphatic carbocycles. The Labute approximate surface area is 116 Å².